The number of aromatic nitrogens is 1. The minimum Gasteiger partial charge on any atom is -0.378 e. The zero-order valence-electron chi connectivity index (χ0n) is 12.3. The molecule has 0 spiro atoms. The molecule has 1 aliphatic rings. The first kappa shape index (κ1) is 15.9. The van der Waals surface area contributed by atoms with Gasteiger partial charge in [0.1, 0.15) is 11.6 Å². The van der Waals surface area contributed by atoms with Crippen molar-refractivity contribution in [1.29, 1.82) is 0 Å². The molecule has 5 nitrogen and oxygen atoms in total. The largest absolute Gasteiger partial charge is 0.378 e. The number of nitrogens with zero attached hydrogens (tertiary/aromatic N) is 2. The van der Waals surface area contributed by atoms with Gasteiger partial charge in [-0.25, -0.2) is 9.37 Å². The molecule has 0 unspecified atom stereocenters. The number of benzene rings is 1. The quantitative estimate of drug-likeness (QED) is 0.890. The maximum absolute atomic E-state index is 13.8. The van der Waals surface area contributed by atoms with E-state index in [4.69, 9.17) is 4.74 Å². The molecular formula is C16H15BrFN3O2. The summed E-state index contributed by atoms with van der Waals surface area (Å²) in [7, 11) is 0. The molecule has 1 aromatic carbocycles. The van der Waals surface area contributed by atoms with E-state index in [0.717, 1.165) is 18.8 Å². The zero-order chi connectivity index (χ0) is 16.2. The Kier molecular flexibility index (Phi) is 4.88. The third kappa shape index (κ3) is 3.86. The molecule has 1 aromatic heterocycles. The molecule has 1 amide bonds. The van der Waals surface area contributed by atoms with Gasteiger partial charge in [0, 0.05) is 17.6 Å². The average molecular weight is 380 g/mol. The highest BCUT2D eigenvalue weighted by Crippen LogP contribution is 2.19. The van der Waals surface area contributed by atoms with Gasteiger partial charge in [0.25, 0.3) is 5.91 Å². The molecule has 0 aliphatic carbocycles. The number of hydrogen-bond donors (Lipinski definition) is 1. The number of anilines is 2. The van der Waals surface area contributed by atoms with Crippen LogP contribution in [0.25, 0.3) is 0 Å². The van der Waals surface area contributed by atoms with Crippen LogP contribution >= 0.6 is 15.9 Å². The first-order valence-electron chi connectivity index (χ1n) is 7.18. The second kappa shape index (κ2) is 7.06. The van der Waals surface area contributed by atoms with E-state index < -0.39 is 11.7 Å². The first-order valence-corrected chi connectivity index (χ1v) is 7.98. The van der Waals surface area contributed by atoms with Crippen molar-refractivity contribution in [3.63, 3.8) is 0 Å². The van der Waals surface area contributed by atoms with Crippen LogP contribution in [0.5, 0.6) is 0 Å². The number of nitrogens with one attached hydrogen (secondary N) is 1. The van der Waals surface area contributed by atoms with E-state index in [-0.39, 0.29) is 5.56 Å². The Morgan fingerprint density at radius 3 is 2.70 bits per heavy atom. The topological polar surface area (TPSA) is 54.5 Å². The summed E-state index contributed by atoms with van der Waals surface area (Å²) in [4.78, 5) is 18.5. The first-order chi connectivity index (χ1) is 11.1. The fraction of sp³-hybridized carbons (Fsp3) is 0.250. The maximum Gasteiger partial charge on any atom is 0.259 e. The maximum atomic E-state index is 13.8. The van der Waals surface area contributed by atoms with Crippen molar-refractivity contribution in [2.24, 2.45) is 0 Å². The van der Waals surface area contributed by atoms with Crippen LogP contribution < -0.4 is 10.2 Å². The molecule has 0 atom stereocenters. The van der Waals surface area contributed by atoms with Gasteiger partial charge in [-0.3, -0.25) is 4.79 Å². The fourth-order valence-electron chi connectivity index (χ4n) is 2.33. The molecule has 0 saturated carbocycles. The van der Waals surface area contributed by atoms with E-state index in [1.54, 1.807) is 18.3 Å². The van der Waals surface area contributed by atoms with Crippen LogP contribution in [0.1, 0.15) is 10.4 Å². The van der Waals surface area contributed by atoms with Crippen molar-refractivity contribution in [2.45, 2.75) is 0 Å². The summed E-state index contributed by atoms with van der Waals surface area (Å²) in [6, 6.07) is 7.89. The SMILES string of the molecule is O=C(Nc1ccc(N2CCOCC2)cn1)c1ccc(Br)cc1F. The van der Waals surface area contributed by atoms with E-state index in [0.29, 0.717) is 23.5 Å². The molecule has 2 heterocycles. The standard InChI is InChI=1S/C16H15BrFN3O2/c17-11-1-3-13(14(18)9-11)16(22)20-15-4-2-12(10-19-15)21-5-7-23-8-6-21/h1-4,9-10H,5-8H2,(H,19,20,22). The van der Waals surface area contributed by atoms with Crippen LogP contribution in [-0.4, -0.2) is 37.2 Å². The molecule has 0 bridgehead atoms. The lowest BCUT2D eigenvalue weighted by Gasteiger charge is -2.28. The molecule has 1 N–H and O–H groups in total. The smallest absolute Gasteiger partial charge is 0.259 e. The molecule has 7 heteroatoms. The van der Waals surface area contributed by atoms with E-state index in [1.807, 2.05) is 6.07 Å². The van der Waals surface area contributed by atoms with Gasteiger partial charge in [0.2, 0.25) is 0 Å². The summed E-state index contributed by atoms with van der Waals surface area (Å²) in [5.74, 6) is -0.724. The van der Waals surface area contributed by atoms with Gasteiger partial charge in [-0.05, 0) is 30.3 Å². The van der Waals surface area contributed by atoms with Gasteiger partial charge in [-0.2, -0.15) is 0 Å². The lowest BCUT2D eigenvalue weighted by molar-refractivity contribution is 0.102. The highest BCUT2D eigenvalue weighted by Gasteiger charge is 2.14. The number of rotatable bonds is 3. The van der Waals surface area contributed by atoms with Gasteiger partial charge >= 0.3 is 0 Å². The van der Waals surface area contributed by atoms with E-state index in [1.165, 1.54) is 12.1 Å². The zero-order valence-corrected chi connectivity index (χ0v) is 13.8. The minimum atomic E-state index is -0.582. The number of hydrogen-bond acceptors (Lipinski definition) is 4. The predicted octanol–water partition coefficient (Wildman–Crippen LogP) is 3.07. The Morgan fingerprint density at radius 2 is 2.04 bits per heavy atom. The van der Waals surface area contributed by atoms with Crippen molar-refractivity contribution in [3.8, 4) is 0 Å². The number of pyridine rings is 1. The lowest BCUT2D eigenvalue weighted by Crippen LogP contribution is -2.36. The summed E-state index contributed by atoms with van der Waals surface area (Å²) in [6.45, 7) is 3.03. The van der Waals surface area contributed by atoms with Gasteiger partial charge in [0.15, 0.2) is 0 Å². The number of ether oxygens (including phenoxy) is 1. The highest BCUT2D eigenvalue weighted by atomic mass is 79.9. The monoisotopic (exact) mass is 379 g/mol. The third-order valence-corrected chi connectivity index (χ3v) is 4.03. The Labute approximate surface area is 141 Å². The van der Waals surface area contributed by atoms with Crippen LogP contribution in [0, 0.1) is 5.82 Å². The predicted molar refractivity (Wildman–Crippen MR) is 89.3 cm³/mol. The summed E-state index contributed by atoms with van der Waals surface area (Å²) >= 11 is 3.16. The summed E-state index contributed by atoms with van der Waals surface area (Å²) in [6.07, 6.45) is 1.69. The molecule has 23 heavy (non-hydrogen) atoms. The molecule has 3 rings (SSSR count). The van der Waals surface area contributed by atoms with Crippen LogP contribution in [-0.2, 0) is 4.74 Å². The van der Waals surface area contributed by atoms with Crippen LogP contribution in [0.15, 0.2) is 41.0 Å². The number of halogens is 2. The second-order valence-corrected chi connectivity index (χ2v) is 6.00. The number of carbonyl (C=O) groups is 1. The van der Waals surface area contributed by atoms with Crippen molar-refractivity contribution < 1.29 is 13.9 Å². The summed E-state index contributed by atoms with van der Waals surface area (Å²) in [5, 5.41) is 2.60. The molecule has 1 saturated heterocycles. The van der Waals surface area contributed by atoms with Gasteiger partial charge in [0.05, 0.1) is 30.7 Å². The number of carbonyl (C=O) groups excluding carboxylic acids is 1. The molecule has 1 aliphatic heterocycles. The molecule has 2 aromatic rings. The number of morpholine rings is 1. The lowest BCUT2D eigenvalue weighted by atomic mass is 10.2. The van der Waals surface area contributed by atoms with Gasteiger partial charge in [-0.1, -0.05) is 15.9 Å². The molecule has 0 radical (unpaired) electrons. The van der Waals surface area contributed by atoms with E-state index in [9.17, 15) is 9.18 Å². The summed E-state index contributed by atoms with van der Waals surface area (Å²) < 4.78 is 19.7. The Morgan fingerprint density at radius 1 is 1.26 bits per heavy atom. The van der Waals surface area contributed by atoms with Crippen molar-refractivity contribution in [3.05, 3.63) is 52.4 Å². The Bertz CT molecular complexity index is 703. The summed E-state index contributed by atoms with van der Waals surface area (Å²) in [5.41, 5.74) is 0.952. The van der Waals surface area contributed by atoms with Crippen molar-refractivity contribution in [1.82, 2.24) is 4.98 Å². The molecule has 1 fully saturated rings. The highest BCUT2D eigenvalue weighted by molar-refractivity contribution is 9.10. The Balaban J connectivity index is 1.69. The Hall–Kier alpha value is -1.99. The van der Waals surface area contributed by atoms with Crippen molar-refractivity contribution in [2.75, 3.05) is 36.5 Å². The van der Waals surface area contributed by atoms with Gasteiger partial charge in [-0.15, -0.1) is 0 Å². The second-order valence-electron chi connectivity index (χ2n) is 5.08. The van der Waals surface area contributed by atoms with Crippen LogP contribution in [0.4, 0.5) is 15.9 Å². The van der Waals surface area contributed by atoms with E-state index in [2.05, 4.69) is 31.1 Å². The molecular weight excluding hydrogens is 365 g/mol. The molecule has 120 valence electrons. The minimum absolute atomic E-state index is 0.0211. The normalized spacial score (nSPS) is 14.6. The third-order valence-electron chi connectivity index (χ3n) is 3.54. The fourth-order valence-corrected chi connectivity index (χ4v) is 2.66. The number of amides is 1. The van der Waals surface area contributed by atoms with Gasteiger partial charge < -0.3 is 15.0 Å². The average Bonchev–Trinajstić information content (AvgIpc) is 2.56. The van der Waals surface area contributed by atoms with E-state index >= 15 is 0 Å². The van der Waals surface area contributed by atoms with Crippen molar-refractivity contribution >= 4 is 33.3 Å². The van der Waals surface area contributed by atoms with Crippen LogP contribution in [0.2, 0.25) is 0 Å². The van der Waals surface area contributed by atoms with Crippen LogP contribution in [0.3, 0.4) is 0 Å².